The molecule has 20 heavy (non-hydrogen) atoms. The molecule has 8 heteroatoms. The Morgan fingerprint density at radius 3 is 2.85 bits per heavy atom. The highest BCUT2D eigenvalue weighted by molar-refractivity contribution is 5.50. The average Bonchev–Trinajstić information content (AvgIpc) is 2.87. The number of aryl methyl sites for hydroxylation is 1. The van der Waals surface area contributed by atoms with E-state index < -0.39 is 4.92 Å². The normalized spacial score (nSPS) is 10.3. The summed E-state index contributed by atoms with van der Waals surface area (Å²) in [6.07, 6.45) is 3.15. The van der Waals surface area contributed by atoms with Crippen molar-refractivity contribution in [3.63, 3.8) is 0 Å². The highest BCUT2D eigenvalue weighted by Crippen LogP contribution is 2.30. The van der Waals surface area contributed by atoms with E-state index in [4.69, 9.17) is 4.74 Å². The van der Waals surface area contributed by atoms with Crippen LogP contribution in [0.15, 0.2) is 24.5 Å². The minimum absolute atomic E-state index is 0.0518. The van der Waals surface area contributed by atoms with Crippen LogP contribution in [0, 0.1) is 10.1 Å². The van der Waals surface area contributed by atoms with Gasteiger partial charge in [-0.3, -0.25) is 14.8 Å². The van der Waals surface area contributed by atoms with E-state index in [1.807, 2.05) is 13.8 Å². The molecule has 0 spiro atoms. The summed E-state index contributed by atoms with van der Waals surface area (Å²) in [5.74, 6) is 0.885. The molecule has 0 aliphatic heterocycles. The van der Waals surface area contributed by atoms with E-state index in [1.54, 1.807) is 16.9 Å². The molecular weight excluding hydrogens is 262 g/mol. The van der Waals surface area contributed by atoms with Gasteiger partial charge >= 0.3 is 11.6 Å². The summed E-state index contributed by atoms with van der Waals surface area (Å²) in [6.45, 7) is 5.20. The monoisotopic (exact) mass is 277 g/mol. The van der Waals surface area contributed by atoms with Crippen molar-refractivity contribution in [3.8, 4) is 11.6 Å². The predicted molar refractivity (Wildman–Crippen MR) is 73.0 cm³/mol. The maximum Gasteiger partial charge on any atom is 0.331 e. The molecule has 0 fully saturated rings. The van der Waals surface area contributed by atoms with Crippen LogP contribution in [0.3, 0.4) is 0 Å². The van der Waals surface area contributed by atoms with Crippen molar-refractivity contribution in [2.45, 2.75) is 20.4 Å². The van der Waals surface area contributed by atoms with Gasteiger partial charge in [-0.25, -0.2) is 0 Å². The Kier molecular flexibility index (Phi) is 4.14. The molecule has 1 N–H and O–H groups in total. The zero-order valence-electron chi connectivity index (χ0n) is 11.2. The Morgan fingerprint density at radius 2 is 2.25 bits per heavy atom. The van der Waals surface area contributed by atoms with E-state index in [9.17, 15) is 10.1 Å². The van der Waals surface area contributed by atoms with Gasteiger partial charge in [-0.2, -0.15) is 10.1 Å². The molecule has 0 saturated carbocycles. The first-order valence-corrected chi connectivity index (χ1v) is 6.23. The standard InChI is InChI=1S/C12H15N5O3/c1-3-13-11-6-5-10(17(18)19)12(15-11)20-9-7-14-16(4-2)8-9/h5-8H,3-4H2,1-2H3,(H,13,15). The SMILES string of the molecule is CCNc1ccc([N+](=O)[O-])c(Oc2cnn(CC)c2)n1. The second kappa shape index (κ2) is 6.00. The van der Waals surface area contributed by atoms with Gasteiger partial charge in [-0.1, -0.05) is 0 Å². The third-order valence-corrected chi connectivity index (χ3v) is 2.54. The molecule has 0 radical (unpaired) electrons. The number of nitrogens with zero attached hydrogens (tertiary/aromatic N) is 4. The minimum atomic E-state index is -0.525. The van der Waals surface area contributed by atoms with E-state index in [1.165, 1.54) is 12.3 Å². The summed E-state index contributed by atoms with van der Waals surface area (Å²) >= 11 is 0. The molecule has 0 amide bonds. The lowest BCUT2D eigenvalue weighted by atomic mass is 10.4. The molecule has 106 valence electrons. The molecule has 2 aromatic heterocycles. The number of aromatic nitrogens is 3. The first-order valence-electron chi connectivity index (χ1n) is 6.23. The van der Waals surface area contributed by atoms with Crippen LogP contribution in [0.1, 0.15) is 13.8 Å². The number of hydrogen-bond donors (Lipinski definition) is 1. The summed E-state index contributed by atoms with van der Waals surface area (Å²) in [4.78, 5) is 14.6. The summed E-state index contributed by atoms with van der Waals surface area (Å²) in [5, 5.41) is 18.0. The summed E-state index contributed by atoms with van der Waals surface area (Å²) < 4.78 is 7.13. The lowest BCUT2D eigenvalue weighted by Crippen LogP contribution is -2.02. The van der Waals surface area contributed by atoms with Gasteiger partial charge in [-0.15, -0.1) is 0 Å². The smallest absolute Gasteiger partial charge is 0.331 e. The number of hydrogen-bond acceptors (Lipinski definition) is 6. The van der Waals surface area contributed by atoms with Crippen molar-refractivity contribution in [1.82, 2.24) is 14.8 Å². The highest BCUT2D eigenvalue weighted by Gasteiger charge is 2.19. The van der Waals surface area contributed by atoms with Gasteiger partial charge in [0.05, 0.1) is 17.3 Å². The molecule has 0 bridgehead atoms. The Balaban J connectivity index is 2.31. The number of rotatable bonds is 6. The fourth-order valence-corrected chi connectivity index (χ4v) is 1.61. The van der Waals surface area contributed by atoms with Gasteiger partial charge < -0.3 is 10.1 Å². The topological polar surface area (TPSA) is 95.1 Å². The first kappa shape index (κ1) is 13.8. The molecule has 0 saturated heterocycles. The van der Waals surface area contributed by atoms with E-state index in [0.717, 1.165) is 0 Å². The van der Waals surface area contributed by atoms with Crippen LogP contribution in [0.4, 0.5) is 11.5 Å². The zero-order chi connectivity index (χ0) is 14.5. The fraction of sp³-hybridized carbons (Fsp3) is 0.333. The lowest BCUT2D eigenvalue weighted by molar-refractivity contribution is -0.386. The van der Waals surface area contributed by atoms with Crippen molar-refractivity contribution < 1.29 is 9.66 Å². The van der Waals surface area contributed by atoms with E-state index in [2.05, 4.69) is 15.4 Å². The Labute approximate surface area is 115 Å². The number of nitrogens with one attached hydrogen (secondary N) is 1. The Morgan fingerprint density at radius 1 is 1.45 bits per heavy atom. The average molecular weight is 277 g/mol. The van der Waals surface area contributed by atoms with E-state index in [-0.39, 0.29) is 11.6 Å². The molecule has 0 unspecified atom stereocenters. The second-order valence-corrected chi connectivity index (χ2v) is 3.94. The Bertz CT molecular complexity index is 611. The third kappa shape index (κ3) is 3.02. The molecule has 2 heterocycles. The van der Waals surface area contributed by atoms with Crippen molar-refractivity contribution in [2.75, 3.05) is 11.9 Å². The van der Waals surface area contributed by atoms with Gasteiger partial charge in [-0.05, 0) is 19.9 Å². The Hall–Kier alpha value is -2.64. The summed E-state index contributed by atoms with van der Waals surface area (Å²) in [5.41, 5.74) is -0.184. The quantitative estimate of drug-likeness (QED) is 0.643. The number of anilines is 1. The molecule has 2 rings (SSSR count). The molecule has 0 aliphatic carbocycles. The van der Waals surface area contributed by atoms with Gasteiger partial charge in [0.1, 0.15) is 5.82 Å². The lowest BCUT2D eigenvalue weighted by Gasteiger charge is -2.06. The van der Waals surface area contributed by atoms with Crippen LogP contribution in [0.5, 0.6) is 11.6 Å². The van der Waals surface area contributed by atoms with Crippen LogP contribution >= 0.6 is 0 Å². The zero-order valence-corrected chi connectivity index (χ0v) is 11.2. The van der Waals surface area contributed by atoms with Crippen molar-refractivity contribution >= 4 is 11.5 Å². The van der Waals surface area contributed by atoms with Crippen molar-refractivity contribution in [1.29, 1.82) is 0 Å². The van der Waals surface area contributed by atoms with Crippen molar-refractivity contribution in [2.24, 2.45) is 0 Å². The highest BCUT2D eigenvalue weighted by atomic mass is 16.6. The molecule has 2 aromatic rings. The number of ether oxygens (including phenoxy) is 1. The van der Waals surface area contributed by atoms with Crippen LogP contribution in [0.25, 0.3) is 0 Å². The van der Waals surface area contributed by atoms with Crippen LogP contribution in [-0.2, 0) is 6.54 Å². The maximum absolute atomic E-state index is 11.0. The molecule has 8 nitrogen and oxygen atoms in total. The second-order valence-electron chi connectivity index (χ2n) is 3.94. The molecular formula is C12H15N5O3. The maximum atomic E-state index is 11.0. The first-order chi connectivity index (χ1) is 9.63. The number of nitro groups is 1. The minimum Gasteiger partial charge on any atom is -0.430 e. The van der Waals surface area contributed by atoms with Gasteiger partial charge in [0.25, 0.3) is 0 Å². The summed E-state index contributed by atoms with van der Waals surface area (Å²) in [6, 6.07) is 2.91. The van der Waals surface area contributed by atoms with Gasteiger partial charge in [0, 0.05) is 19.2 Å². The van der Waals surface area contributed by atoms with Crippen LogP contribution in [-0.4, -0.2) is 26.2 Å². The molecule has 0 atom stereocenters. The van der Waals surface area contributed by atoms with E-state index in [0.29, 0.717) is 24.7 Å². The van der Waals surface area contributed by atoms with Crippen molar-refractivity contribution in [3.05, 3.63) is 34.6 Å². The molecule has 0 aromatic carbocycles. The number of pyridine rings is 1. The van der Waals surface area contributed by atoms with Gasteiger partial charge in [0.2, 0.25) is 0 Å². The predicted octanol–water partition coefficient (Wildman–Crippen LogP) is 2.43. The van der Waals surface area contributed by atoms with Crippen LogP contribution in [0.2, 0.25) is 0 Å². The van der Waals surface area contributed by atoms with Gasteiger partial charge in [0.15, 0.2) is 5.75 Å². The van der Waals surface area contributed by atoms with Crippen LogP contribution < -0.4 is 10.1 Å². The van der Waals surface area contributed by atoms with E-state index >= 15 is 0 Å². The molecule has 0 aliphatic rings. The third-order valence-electron chi connectivity index (χ3n) is 2.54. The fourth-order valence-electron chi connectivity index (χ4n) is 1.61. The largest absolute Gasteiger partial charge is 0.430 e. The summed E-state index contributed by atoms with van der Waals surface area (Å²) in [7, 11) is 0.